The van der Waals surface area contributed by atoms with Crippen molar-refractivity contribution in [3.05, 3.63) is 58.9 Å². The fourth-order valence-electron chi connectivity index (χ4n) is 2.46. The molecule has 3 aliphatic carbocycles. The molecular weight excluding hydrogens is 206 g/mol. The second kappa shape index (κ2) is 4.40. The van der Waals surface area contributed by atoms with Gasteiger partial charge in [-0.1, -0.05) is 35.5 Å². The van der Waals surface area contributed by atoms with E-state index in [1.165, 1.54) is 36.1 Å². The van der Waals surface area contributed by atoms with E-state index in [4.69, 9.17) is 0 Å². The maximum atomic E-state index is 3.54. The zero-order valence-corrected chi connectivity index (χ0v) is 10.4. The predicted octanol–water partition coefficient (Wildman–Crippen LogP) is 3.64. The van der Waals surface area contributed by atoms with Gasteiger partial charge in [-0.2, -0.15) is 0 Å². The van der Waals surface area contributed by atoms with Crippen LogP contribution in [-0.2, 0) is 0 Å². The van der Waals surface area contributed by atoms with E-state index < -0.39 is 0 Å². The van der Waals surface area contributed by atoms with Crippen LogP contribution in [0.1, 0.15) is 26.2 Å². The average molecular weight is 225 g/mol. The molecule has 0 radical (unpaired) electrons. The molecule has 1 atom stereocenters. The molecule has 1 unspecified atom stereocenters. The van der Waals surface area contributed by atoms with Crippen LogP contribution in [0.3, 0.4) is 0 Å². The fourth-order valence-corrected chi connectivity index (χ4v) is 2.46. The average Bonchev–Trinajstić information content (AvgIpc) is 3.05. The van der Waals surface area contributed by atoms with Crippen LogP contribution < -0.4 is 5.32 Å². The minimum atomic E-state index is 0.737. The number of hydrogen-bond donors (Lipinski definition) is 1. The van der Waals surface area contributed by atoms with Gasteiger partial charge in [0.1, 0.15) is 0 Å². The Morgan fingerprint density at radius 1 is 1.29 bits per heavy atom. The molecule has 1 nitrogen and oxygen atoms in total. The molecule has 3 aliphatic rings. The van der Waals surface area contributed by atoms with Gasteiger partial charge in [-0.15, -0.1) is 0 Å². The first kappa shape index (κ1) is 10.6. The zero-order valence-electron chi connectivity index (χ0n) is 10.4. The van der Waals surface area contributed by atoms with Crippen molar-refractivity contribution in [2.45, 2.75) is 26.2 Å². The molecule has 0 aliphatic heterocycles. The summed E-state index contributed by atoms with van der Waals surface area (Å²) in [5, 5.41) is 3.54. The first-order valence-corrected chi connectivity index (χ1v) is 6.52. The quantitative estimate of drug-likeness (QED) is 0.773. The van der Waals surface area contributed by atoms with Gasteiger partial charge in [0.05, 0.1) is 0 Å². The van der Waals surface area contributed by atoms with Crippen LogP contribution in [0.4, 0.5) is 0 Å². The summed E-state index contributed by atoms with van der Waals surface area (Å²) in [6.07, 6.45) is 17.3. The standard InChI is InChI=1S/C16H19N/c1-12-5-2-3-6-14(12)11-17-16-8-4-7-13-9-15(13)10-16/h4-8,10,13,17H,2-3,9,11H2,1H3. The van der Waals surface area contributed by atoms with E-state index in [1.54, 1.807) is 5.57 Å². The SMILES string of the molecule is CC1=CCCC=C1CNC1=CC=CC2CC2=C1. The largest absolute Gasteiger partial charge is 0.381 e. The van der Waals surface area contributed by atoms with E-state index >= 15 is 0 Å². The summed E-state index contributed by atoms with van der Waals surface area (Å²) >= 11 is 0. The lowest BCUT2D eigenvalue weighted by Crippen LogP contribution is -2.16. The summed E-state index contributed by atoms with van der Waals surface area (Å²) in [6, 6.07) is 0. The van der Waals surface area contributed by atoms with E-state index in [1.807, 2.05) is 0 Å². The van der Waals surface area contributed by atoms with E-state index in [0.29, 0.717) is 0 Å². The molecule has 3 rings (SSSR count). The third-order valence-electron chi connectivity index (χ3n) is 3.73. The minimum absolute atomic E-state index is 0.737. The minimum Gasteiger partial charge on any atom is -0.381 e. The molecule has 0 amide bonds. The van der Waals surface area contributed by atoms with Crippen LogP contribution in [0.25, 0.3) is 0 Å². The Kier molecular flexibility index (Phi) is 2.76. The highest BCUT2D eigenvalue weighted by Gasteiger charge is 2.27. The maximum Gasteiger partial charge on any atom is 0.0400 e. The summed E-state index contributed by atoms with van der Waals surface area (Å²) in [5.74, 6) is 0.737. The molecule has 0 spiro atoms. The van der Waals surface area contributed by atoms with Crippen molar-refractivity contribution >= 4 is 0 Å². The fraction of sp³-hybridized carbons (Fsp3) is 0.375. The van der Waals surface area contributed by atoms with Crippen molar-refractivity contribution < 1.29 is 0 Å². The van der Waals surface area contributed by atoms with Crippen molar-refractivity contribution in [3.63, 3.8) is 0 Å². The number of nitrogens with one attached hydrogen (secondary N) is 1. The van der Waals surface area contributed by atoms with Crippen LogP contribution in [0.2, 0.25) is 0 Å². The Bertz CT molecular complexity index is 472. The summed E-state index contributed by atoms with van der Waals surface area (Å²) in [7, 11) is 0. The predicted molar refractivity (Wildman–Crippen MR) is 72.5 cm³/mol. The van der Waals surface area contributed by atoms with Crippen LogP contribution in [0.15, 0.2) is 58.9 Å². The van der Waals surface area contributed by atoms with Crippen molar-refractivity contribution in [2.75, 3.05) is 6.54 Å². The second-order valence-electron chi connectivity index (χ2n) is 5.08. The summed E-state index contributed by atoms with van der Waals surface area (Å²) in [6.45, 7) is 3.17. The first-order chi connectivity index (χ1) is 8.33. The Balaban J connectivity index is 1.63. The Labute approximate surface area is 103 Å². The lowest BCUT2D eigenvalue weighted by atomic mass is 9.99. The second-order valence-corrected chi connectivity index (χ2v) is 5.08. The molecule has 0 aromatic rings. The zero-order chi connectivity index (χ0) is 11.7. The van der Waals surface area contributed by atoms with Crippen LogP contribution in [-0.4, -0.2) is 6.54 Å². The molecule has 1 N–H and O–H groups in total. The van der Waals surface area contributed by atoms with Gasteiger partial charge in [-0.05, 0) is 43.9 Å². The van der Waals surface area contributed by atoms with Crippen molar-refractivity contribution in [1.29, 1.82) is 0 Å². The van der Waals surface area contributed by atoms with Gasteiger partial charge in [0, 0.05) is 18.2 Å². The first-order valence-electron chi connectivity index (χ1n) is 6.52. The topological polar surface area (TPSA) is 12.0 Å². The highest BCUT2D eigenvalue weighted by molar-refractivity contribution is 5.42. The van der Waals surface area contributed by atoms with Crippen molar-refractivity contribution in [3.8, 4) is 0 Å². The van der Waals surface area contributed by atoms with E-state index in [9.17, 15) is 0 Å². The van der Waals surface area contributed by atoms with Crippen LogP contribution >= 0.6 is 0 Å². The molecule has 1 saturated carbocycles. The molecule has 0 aromatic heterocycles. The molecule has 0 bridgehead atoms. The number of rotatable bonds is 3. The molecule has 0 aromatic carbocycles. The van der Waals surface area contributed by atoms with E-state index in [0.717, 1.165) is 12.5 Å². The molecular formula is C16H19N. The Hall–Kier alpha value is -1.50. The van der Waals surface area contributed by atoms with Gasteiger partial charge in [-0.3, -0.25) is 0 Å². The third-order valence-corrected chi connectivity index (χ3v) is 3.73. The van der Waals surface area contributed by atoms with Gasteiger partial charge < -0.3 is 5.32 Å². The lowest BCUT2D eigenvalue weighted by molar-refractivity contribution is 0.869. The van der Waals surface area contributed by atoms with Gasteiger partial charge in [0.25, 0.3) is 0 Å². The maximum absolute atomic E-state index is 3.54. The van der Waals surface area contributed by atoms with E-state index in [2.05, 4.69) is 48.7 Å². The monoisotopic (exact) mass is 225 g/mol. The van der Waals surface area contributed by atoms with Gasteiger partial charge in [0.2, 0.25) is 0 Å². The van der Waals surface area contributed by atoms with Gasteiger partial charge in [-0.25, -0.2) is 0 Å². The smallest absolute Gasteiger partial charge is 0.0400 e. The molecule has 1 fully saturated rings. The van der Waals surface area contributed by atoms with Crippen molar-refractivity contribution in [1.82, 2.24) is 5.32 Å². The third kappa shape index (κ3) is 2.44. The highest BCUT2D eigenvalue weighted by atomic mass is 14.9. The summed E-state index contributed by atoms with van der Waals surface area (Å²) < 4.78 is 0. The van der Waals surface area contributed by atoms with Gasteiger partial charge in [0.15, 0.2) is 0 Å². The molecule has 1 heteroatoms. The molecule has 0 saturated heterocycles. The highest BCUT2D eigenvalue weighted by Crippen LogP contribution is 2.40. The van der Waals surface area contributed by atoms with Crippen LogP contribution in [0, 0.1) is 5.92 Å². The van der Waals surface area contributed by atoms with E-state index in [-0.39, 0.29) is 0 Å². The van der Waals surface area contributed by atoms with Crippen molar-refractivity contribution in [2.24, 2.45) is 5.92 Å². The number of hydrogen-bond acceptors (Lipinski definition) is 1. The molecule has 17 heavy (non-hydrogen) atoms. The van der Waals surface area contributed by atoms with Crippen LogP contribution in [0.5, 0.6) is 0 Å². The lowest BCUT2D eigenvalue weighted by Gasteiger charge is -2.14. The summed E-state index contributed by atoms with van der Waals surface area (Å²) in [4.78, 5) is 0. The normalized spacial score (nSPS) is 26.1. The Morgan fingerprint density at radius 3 is 3.06 bits per heavy atom. The molecule has 88 valence electrons. The molecule has 0 heterocycles. The number of fused-ring (bicyclic) bond motifs is 1. The number of allylic oxidation sites excluding steroid dienone is 7. The Morgan fingerprint density at radius 2 is 2.18 bits per heavy atom. The summed E-state index contributed by atoms with van der Waals surface area (Å²) in [5.41, 5.74) is 5.72. The van der Waals surface area contributed by atoms with Gasteiger partial charge >= 0.3 is 0 Å².